The van der Waals surface area contributed by atoms with Gasteiger partial charge in [-0.2, -0.15) is 0 Å². The van der Waals surface area contributed by atoms with Crippen LogP contribution < -0.4 is 10.7 Å². The Balaban J connectivity index is 1.37. The van der Waals surface area contributed by atoms with Gasteiger partial charge in [0.15, 0.2) is 0 Å². The minimum absolute atomic E-state index is 0.975. The van der Waals surface area contributed by atoms with E-state index >= 15 is 0 Å². The standard InChI is InChI=1S/C42H74N4/c1-3-5-7-9-11-17-21-25-33-43-41-29-37-45(38-30-41)35-27-23-19-15-13-14-16-20-24-28-36-46-39-31-42(32-40-46)44-34-26-22-18-12-10-8-6-4-2/h29-32,37-40H,3-28,33-36H2,1-2H3. The maximum absolute atomic E-state index is 4.78. The lowest BCUT2D eigenvalue weighted by Gasteiger charge is -2.07. The molecule has 46 heavy (non-hydrogen) atoms. The summed E-state index contributed by atoms with van der Waals surface area (Å²) in [7, 11) is 0. The normalized spacial score (nSPS) is 11.3. The molecule has 0 saturated heterocycles. The van der Waals surface area contributed by atoms with Crippen LogP contribution in [0.3, 0.4) is 0 Å². The molecule has 0 unspecified atom stereocenters. The van der Waals surface area contributed by atoms with Crippen LogP contribution in [0.2, 0.25) is 0 Å². The first-order valence-electron chi connectivity index (χ1n) is 20.1. The van der Waals surface area contributed by atoms with Crippen molar-refractivity contribution in [1.82, 2.24) is 9.13 Å². The summed E-state index contributed by atoms with van der Waals surface area (Å²) in [6.45, 7) is 8.79. The molecular weight excluding hydrogens is 560 g/mol. The monoisotopic (exact) mass is 635 g/mol. The van der Waals surface area contributed by atoms with Crippen molar-refractivity contribution in [2.75, 3.05) is 13.1 Å². The fourth-order valence-electron chi connectivity index (χ4n) is 6.32. The fourth-order valence-corrected chi connectivity index (χ4v) is 6.32. The number of aryl methyl sites for hydroxylation is 2. The number of aromatic nitrogens is 2. The summed E-state index contributed by atoms with van der Waals surface area (Å²) in [4.78, 5) is 9.55. The summed E-state index contributed by atoms with van der Waals surface area (Å²) in [5.74, 6) is 0. The van der Waals surface area contributed by atoms with Crippen LogP contribution in [0.4, 0.5) is 0 Å². The third-order valence-electron chi connectivity index (χ3n) is 9.44. The molecule has 0 bridgehead atoms. The molecule has 0 radical (unpaired) electrons. The van der Waals surface area contributed by atoms with Gasteiger partial charge in [0.25, 0.3) is 0 Å². The molecule has 0 aliphatic carbocycles. The zero-order chi connectivity index (χ0) is 32.6. The van der Waals surface area contributed by atoms with E-state index in [9.17, 15) is 0 Å². The highest BCUT2D eigenvalue weighted by molar-refractivity contribution is 4.94. The summed E-state index contributed by atoms with van der Waals surface area (Å²) in [6.07, 6.45) is 44.3. The summed E-state index contributed by atoms with van der Waals surface area (Å²) in [6, 6.07) is 8.76. The fraction of sp³-hybridized carbons (Fsp3) is 0.762. The quantitative estimate of drug-likeness (QED) is 0.0740. The Morgan fingerprint density at radius 2 is 0.609 bits per heavy atom. The Kier molecular flexibility index (Phi) is 26.4. The molecule has 4 heteroatoms. The molecule has 2 heterocycles. The smallest absolute Gasteiger partial charge is 0.0603 e. The Labute approximate surface area is 285 Å². The molecule has 2 rings (SSSR count). The SMILES string of the molecule is CCCCCCCCCCN=c1ccn(CCCCCCCCCCCCn2ccc(=NCCCCCCCCCC)cc2)cc1. The van der Waals surface area contributed by atoms with Gasteiger partial charge in [0.1, 0.15) is 0 Å². The summed E-state index contributed by atoms with van der Waals surface area (Å²) >= 11 is 0. The molecule has 0 fully saturated rings. The van der Waals surface area contributed by atoms with Gasteiger partial charge in [-0.15, -0.1) is 0 Å². The average molecular weight is 635 g/mol. The average Bonchev–Trinajstić information content (AvgIpc) is 3.08. The minimum Gasteiger partial charge on any atom is -0.354 e. The van der Waals surface area contributed by atoms with Crippen LogP contribution in [0.25, 0.3) is 0 Å². The van der Waals surface area contributed by atoms with Crippen molar-refractivity contribution in [3.63, 3.8) is 0 Å². The highest BCUT2D eigenvalue weighted by Crippen LogP contribution is 2.12. The van der Waals surface area contributed by atoms with Gasteiger partial charge < -0.3 is 9.13 Å². The highest BCUT2D eigenvalue weighted by atomic mass is 14.9. The lowest BCUT2D eigenvalue weighted by Crippen LogP contribution is -2.06. The molecular formula is C42H74N4. The van der Waals surface area contributed by atoms with Crippen molar-refractivity contribution in [2.24, 2.45) is 9.98 Å². The van der Waals surface area contributed by atoms with Crippen molar-refractivity contribution in [2.45, 2.75) is 194 Å². The van der Waals surface area contributed by atoms with Gasteiger partial charge in [0, 0.05) is 51.0 Å². The van der Waals surface area contributed by atoms with Crippen molar-refractivity contribution in [3.05, 3.63) is 59.8 Å². The third-order valence-corrected chi connectivity index (χ3v) is 9.44. The van der Waals surface area contributed by atoms with Crippen molar-refractivity contribution in [3.8, 4) is 0 Å². The Hall–Kier alpha value is -2.10. The van der Waals surface area contributed by atoms with E-state index in [2.05, 4.69) is 72.0 Å². The Morgan fingerprint density at radius 3 is 0.913 bits per heavy atom. The first-order chi connectivity index (χ1) is 22.8. The lowest BCUT2D eigenvalue weighted by molar-refractivity contribution is 0.521. The van der Waals surface area contributed by atoms with Crippen LogP contribution in [0.1, 0.15) is 181 Å². The molecule has 2 aromatic heterocycles. The molecule has 0 aliphatic rings. The first-order valence-corrected chi connectivity index (χ1v) is 20.1. The zero-order valence-electron chi connectivity index (χ0n) is 30.6. The van der Waals surface area contributed by atoms with E-state index in [0.717, 1.165) is 36.9 Å². The first kappa shape index (κ1) is 40.1. The second-order valence-corrected chi connectivity index (χ2v) is 13.8. The Morgan fingerprint density at radius 1 is 0.348 bits per heavy atom. The van der Waals surface area contributed by atoms with Crippen LogP contribution >= 0.6 is 0 Å². The molecule has 2 aromatic rings. The van der Waals surface area contributed by atoms with E-state index in [1.54, 1.807) is 0 Å². The van der Waals surface area contributed by atoms with E-state index in [0.29, 0.717) is 0 Å². The maximum Gasteiger partial charge on any atom is 0.0603 e. The Bertz CT molecular complexity index is 939. The number of hydrogen-bond donors (Lipinski definition) is 0. The van der Waals surface area contributed by atoms with E-state index in [4.69, 9.17) is 9.98 Å². The van der Waals surface area contributed by atoms with Crippen molar-refractivity contribution >= 4 is 0 Å². The molecule has 0 spiro atoms. The number of unbranched alkanes of at least 4 members (excludes halogenated alkanes) is 23. The third kappa shape index (κ3) is 23.3. The van der Waals surface area contributed by atoms with Crippen LogP contribution in [-0.2, 0) is 13.1 Å². The summed E-state index contributed by atoms with van der Waals surface area (Å²) in [5.41, 5.74) is 0. The van der Waals surface area contributed by atoms with E-state index in [1.165, 1.54) is 167 Å². The topological polar surface area (TPSA) is 34.6 Å². The van der Waals surface area contributed by atoms with Gasteiger partial charge in [-0.25, -0.2) is 0 Å². The number of nitrogens with zero attached hydrogens (tertiary/aromatic N) is 4. The summed E-state index contributed by atoms with van der Waals surface area (Å²) < 4.78 is 4.66. The zero-order valence-corrected chi connectivity index (χ0v) is 30.6. The van der Waals surface area contributed by atoms with E-state index < -0.39 is 0 Å². The highest BCUT2D eigenvalue weighted by Gasteiger charge is 1.97. The second kappa shape index (κ2) is 30.2. The molecule has 4 nitrogen and oxygen atoms in total. The van der Waals surface area contributed by atoms with Gasteiger partial charge in [-0.3, -0.25) is 9.98 Å². The van der Waals surface area contributed by atoms with Gasteiger partial charge in [-0.05, 0) is 49.9 Å². The predicted octanol–water partition coefficient (Wildman–Crippen LogP) is 12.0. The van der Waals surface area contributed by atoms with Crippen LogP contribution in [0.5, 0.6) is 0 Å². The van der Waals surface area contributed by atoms with Gasteiger partial charge in [0.05, 0.1) is 10.7 Å². The lowest BCUT2D eigenvalue weighted by atomic mass is 10.1. The van der Waals surface area contributed by atoms with Gasteiger partial charge >= 0.3 is 0 Å². The van der Waals surface area contributed by atoms with Crippen LogP contribution in [-0.4, -0.2) is 22.2 Å². The summed E-state index contributed by atoms with van der Waals surface area (Å²) in [5, 5.41) is 2.28. The molecule has 0 atom stereocenters. The molecule has 0 saturated carbocycles. The van der Waals surface area contributed by atoms with Crippen molar-refractivity contribution < 1.29 is 0 Å². The minimum atomic E-state index is 0.975. The van der Waals surface area contributed by atoms with Crippen LogP contribution in [0, 0.1) is 0 Å². The maximum atomic E-state index is 4.78. The van der Waals surface area contributed by atoms with Gasteiger partial charge in [0.2, 0.25) is 0 Å². The number of pyridine rings is 2. The molecule has 0 N–H and O–H groups in total. The van der Waals surface area contributed by atoms with E-state index in [1.807, 2.05) is 0 Å². The van der Waals surface area contributed by atoms with Gasteiger partial charge in [-0.1, -0.05) is 155 Å². The van der Waals surface area contributed by atoms with Crippen LogP contribution in [0.15, 0.2) is 59.0 Å². The number of rotatable bonds is 31. The predicted molar refractivity (Wildman–Crippen MR) is 201 cm³/mol. The largest absolute Gasteiger partial charge is 0.354 e. The van der Waals surface area contributed by atoms with Crippen molar-refractivity contribution in [1.29, 1.82) is 0 Å². The molecule has 0 aliphatic heterocycles. The molecule has 262 valence electrons. The molecule has 0 amide bonds. The second-order valence-electron chi connectivity index (χ2n) is 13.8. The number of hydrogen-bond acceptors (Lipinski definition) is 2. The van der Waals surface area contributed by atoms with E-state index in [-0.39, 0.29) is 0 Å². The molecule has 0 aromatic carbocycles.